The Kier molecular flexibility index (Phi) is 9.05. The van der Waals surface area contributed by atoms with Crippen molar-refractivity contribution in [2.75, 3.05) is 19.8 Å². The van der Waals surface area contributed by atoms with E-state index in [0.717, 1.165) is 21.9 Å². The molecule has 0 spiro atoms. The molecule has 0 aliphatic heterocycles. The lowest BCUT2D eigenvalue weighted by molar-refractivity contribution is 0.0920. The number of amides is 2. The van der Waals surface area contributed by atoms with E-state index in [4.69, 9.17) is 17.3 Å². The molecule has 0 atom stereocenters. The molecule has 0 aliphatic rings. The van der Waals surface area contributed by atoms with Gasteiger partial charge >= 0.3 is 0 Å². The average Bonchev–Trinajstić information content (AvgIpc) is 2.93. The minimum atomic E-state index is -0.471. The highest BCUT2D eigenvalue weighted by Gasteiger charge is 2.14. The molecule has 0 heterocycles. The molecule has 4 aromatic rings. The molecule has 0 aliphatic carbocycles. The third-order valence-electron chi connectivity index (χ3n) is 5.94. The van der Waals surface area contributed by atoms with Crippen molar-refractivity contribution in [2.24, 2.45) is 10.8 Å². The SMILES string of the molecule is NCCN(CNC(=O)c1ccc(/C=N/NC(=O)c2ccc(O)c(Cl)c2)c2ccccc12)Cc1ccccc1. The van der Waals surface area contributed by atoms with Gasteiger partial charge in [0.1, 0.15) is 5.75 Å². The maximum atomic E-state index is 13.2. The summed E-state index contributed by atoms with van der Waals surface area (Å²) < 4.78 is 0. The molecule has 0 saturated heterocycles. The first-order valence-corrected chi connectivity index (χ1v) is 12.4. The number of nitrogens with two attached hydrogens (primary N) is 1. The summed E-state index contributed by atoms with van der Waals surface area (Å²) in [6.45, 7) is 2.16. The number of phenolic OH excluding ortho intramolecular Hbond substituents is 1. The predicted molar refractivity (Wildman–Crippen MR) is 150 cm³/mol. The van der Waals surface area contributed by atoms with Crippen LogP contribution >= 0.6 is 11.6 Å². The van der Waals surface area contributed by atoms with Gasteiger partial charge in [-0.25, -0.2) is 5.43 Å². The summed E-state index contributed by atoms with van der Waals surface area (Å²) in [4.78, 5) is 27.6. The fourth-order valence-corrected chi connectivity index (χ4v) is 4.20. The second-order valence-electron chi connectivity index (χ2n) is 8.60. The number of carbonyl (C=O) groups is 2. The van der Waals surface area contributed by atoms with Gasteiger partial charge in [0.05, 0.1) is 17.9 Å². The molecular weight excluding hydrogens is 502 g/mol. The monoisotopic (exact) mass is 529 g/mol. The number of phenols is 1. The van der Waals surface area contributed by atoms with Gasteiger partial charge < -0.3 is 16.2 Å². The number of nitrogens with one attached hydrogen (secondary N) is 2. The van der Waals surface area contributed by atoms with Crippen LogP contribution in [0.25, 0.3) is 10.8 Å². The smallest absolute Gasteiger partial charge is 0.271 e. The number of nitrogens with zero attached hydrogens (tertiary/aromatic N) is 2. The number of rotatable bonds is 10. The fraction of sp³-hybridized carbons (Fsp3) is 0.138. The predicted octanol–water partition coefficient (Wildman–Crippen LogP) is 4.11. The lowest BCUT2D eigenvalue weighted by Crippen LogP contribution is -2.39. The number of carbonyl (C=O) groups excluding carboxylic acids is 2. The summed E-state index contributed by atoms with van der Waals surface area (Å²) in [5.41, 5.74) is 10.9. The van der Waals surface area contributed by atoms with Crippen LogP contribution in [0.1, 0.15) is 31.8 Å². The summed E-state index contributed by atoms with van der Waals surface area (Å²) in [7, 11) is 0. The Hall–Kier alpha value is -4.24. The molecule has 0 saturated carbocycles. The van der Waals surface area contributed by atoms with Crippen molar-refractivity contribution in [1.82, 2.24) is 15.6 Å². The lowest BCUT2D eigenvalue weighted by atomic mass is 9.99. The van der Waals surface area contributed by atoms with Gasteiger partial charge in [-0.1, -0.05) is 72.3 Å². The van der Waals surface area contributed by atoms with Crippen LogP contribution in [0.4, 0.5) is 0 Å². The largest absolute Gasteiger partial charge is 0.506 e. The van der Waals surface area contributed by atoms with Gasteiger partial charge in [0.15, 0.2) is 0 Å². The van der Waals surface area contributed by atoms with Crippen molar-refractivity contribution >= 4 is 40.4 Å². The van der Waals surface area contributed by atoms with Crippen LogP contribution in [-0.2, 0) is 6.54 Å². The molecule has 38 heavy (non-hydrogen) atoms. The fourth-order valence-electron chi connectivity index (χ4n) is 4.02. The van der Waals surface area contributed by atoms with Gasteiger partial charge in [-0.05, 0) is 40.6 Å². The molecule has 2 amide bonds. The van der Waals surface area contributed by atoms with Crippen LogP contribution in [0, 0.1) is 0 Å². The molecule has 0 aromatic heterocycles. The van der Waals surface area contributed by atoms with Crippen LogP contribution in [0.2, 0.25) is 5.02 Å². The Morgan fingerprint density at radius 1 is 0.947 bits per heavy atom. The van der Waals surface area contributed by atoms with Gasteiger partial charge in [0, 0.05) is 36.3 Å². The summed E-state index contributed by atoms with van der Waals surface area (Å²) in [6, 6.07) is 25.2. The van der Waals surface area contributed by atoms with Gasteiger partial charge in [0.25, 0.3) is 11.8 Å². The van der Waals surface area contributed by atoms with E-state index in [1.165, 1.54) is 24.4 Å². The van der Waals surface area contributed by atoms with E-state index in [9.17, 15) is 14.7 Å². The first-order chi connectivity index (χ1) is 18.5. The van der Waals surface area contributed by atoms with Crippen LogP contribution in [0.5, 0.6) is 5.75 Å². The lowest BCUT2D eigenvalue weighted by Gasteiger charge is -2.22. The molecule has 0 fully saturated rings. The highest BCUT2D eigenvalue weighted by molar-refractivity contribution is 6.32. The van der Waals surface area contributed by atoms with Crippen molar-refractivity contribution in [3.05, 3.63) is 112 Å². The van der Waals surface area contributed by atoms with E-state index >= 15 is 0 Å². The molecule has 8 nitrogen and oxygen atoms in total. The molecule has 5 N–H and O–H groups in total. The zero-order valence-electron chi connectivity index (χ0n) is 20.6. The number of fused-ring (bicyclic) bond motifs is 1. The van der Waals surface area contributed by atoms with Crippen molar-refractivity contribution in [3.63, 3.8) is 0 Å². The summed E-state index contributed by atoms with van der Waals surface area (Å²) in [5, 5.41) is 18.3. The Balaban J connectivity index is 1.46. The minimum absolute atomic E-state index is 0.0766. The standard InChI is InChI=1S/C29H28ClN5O3/c30-26-16-21(11-13-27(26)36)28(37)34-33-17-22-10-12-25(24-9-5-4-8-23(22)24)29(38)32-19-35(15-14-31)18-20-6-2-1-3-7-20/h1-13,16-17,36H,14-15,18-19,31H2,(H,32,38)(H,34,37)/b33-17+. The summed E-state index contributed by atoms with van der Waals surface area (Å²) >= 11 is 5.88. The molecular formula is C29H28ClN5O3. The van der Waals surface area contributed by atoms with Crippen molar-refractivity contribution in [2.45, 2.75) is 6.54 Å². The van der Waals surface area contributed by atoms with Crippen LogP contribution < -0.4 is 16.5 Å². The number of hydrazone groups is 1. The number of benzene rings is 4. The number of halogens is 1. The summed E-state index contributed by atoms with van der Waals surface area (Å²) in [6.07, 6.45) is 1.52. The number of aromatic hydroxyl groups is 1. The Morgan fingerprint density at radius 3 is 2.42 bits per heavy atom. The van der Waals surface area contributed by atoms with E-state index in [2.05, 4.69) is 20.7 Å². The maximum absolute atomic E-state index is 13.2. The van der Waals surface area contributed by atoms with Crippen molar-refractivity contribution in [3.8, 4) is 5.75 Å². The second-order valence-corrected chi connectivity index (χ2v) is 9.01. The molecule has 4 rings (SSSR count). The average molecular weight is 530 g/mol. The van der Waals surface area contributed by atoms with E-state index in [0.29, 0.717) is 31.9 Å². The first kappa shape index (κ1) is 26.8. The summed E-state index contributed by atoms with van der Waals surface area (Å²) in [5.74, 6) is -0.774. The van der Waals surface area contributed by atoms with Crippen molar-refractivity contribution in [1.29, 1.82) is 0 Å². The highest BCUT2D eigenvalue weighted by atomic mass is 35.5. The van der Waals surface area contributed by atoms with E-state index in [1.54, 1.807) is 12.1 Å². The topological polar surface area (TPSA) is 120 Å². The molecule has 0 bridgehead atoms. The zero-order chi connectivity index (χ0) is 26.9. The van der Waals surface area contributed by atoms with Gasteiger partial charge in [-0.15, -0.1) is 0 Å². The van der Waals surface area contributed by atoms with Crippen LogP contribution in [0.15, 0.2) is 90.0 Å². The van der Waals surface area contributed by atoms with Crippen LogP contribution in [0.3, 0.4) is 0 Å². The molecule has 194 valence electrons. The maximum Gasteiger partial charge on any atom is 0.271 e. The quantitative estimate of drug-likeness (QED) is 0.140. The van der Waals surface area contributed by atoms with E-state index < -0.39 is 5.91 Å². The Bertz CT molecular complexity index is 1460. The van der Waals surface area contributed by atoms with E-state index in [-0.39, 0.29) is 22.2 Å². The highest BCUT2D eigenvalue weighted by Crippen LogP contribution is 2.24. The third kappa shape index (κ3) is 6.74. The normalized spacial score (nSPS) is 11.2. The van der Waals surface area contributed by atoms with Gasteiger partial charge in [-0.3, -0.25) is 14.5 Å². The molecule has 4 aromatic carbocycles. The second kappa shape index (κ2) is 12.8. The van der Waals surface area contributed by atoms with Crippen molar-refractivity contribution < 1.29 is 14.7 Å². The van der Waals surface area contributed by atoms with Gasteiger partial charge in [-0.2, -0.15) is 5.10 Å². The number of hydrogen-bond donors (Lipinski definition) is 4. The minimum Gasteiger partial charge on any atom is -0.506 e. The molecule has 0 unspecified atom stereocenters. The van der Waals surface area contributed by atoms with E-state index in [1.807, 2.05) is 54.6 Å². The van der Waals surface area contributed by atoms with Crippen LogP contribution in [-0.4, -0.2) is 47.8 Å². The Labute approximate surface area is 225 Å². The molecule has 9 heteroatoms. The third-order valence-corrected chi connectivity index (χ3v) is 6.24. The molecule has 0 radical (unpaired) electrons. The first-order valence-electron chi connectivity index (χ1n) is 12.0. The Morgan fingerprint density at radius 2 is 1.68 bits per heavy atom. The van der Waals surface area contributed by atoms with Gasteiger partial charge in [0.2, 0.25) is 0 Å². The number of hydrogen-bond acceptors (Lipinski definition) is 6. The zero-order valence-corrected chi connectivity index (χ0v) is 21.4.